The quantitative estimate of drug-likeness (QED) is 0.418. The first-order valence-corrected chi connectivity index (χ1v) is 14.4. The SMILES string of the molecule is CN(C)C(=O)c1ccc(N2CCC(CC3(C)CCN(C(=O)C(O)(c4cccc(Cl)c4)C(F)(F)F)CC3)CC2)nc1Cl. The zero-order chi connectivity index (χ0) is 30.2. The lowest BCUT2D eigenvalue weighted by molar-refractivity contribution is -0.262. The van der Waals surface area contributed by atoms with E-state index in [1.54, 1.807) is 20.2 Å². The van der Waals surface area contributed by atoms with Crippen LogP contribution >= 0.6 is 23.2 Å². The fourth-order valence-corrected chi connectivity index (χ4v) is 6.29. The van der Waals surface area contributed by atoms with E-state index in [0.717, 1.165) is 55.2 Å². The van der Waals surface area contributed by atoms with E-state index >= 15 is 0 Å². The largest absolute Gasteiger partial charge is 0.430 e. The third-order valence-electron chi connectivity index (χ3n) is 8.41. The number of pyridine rings is 1. The summed E-state index contributed by atoms with van der Waals surface area (Å²) in [7, 11) is 3.31. The number of anilines is 1. The average Bonchev–Trinajstić information content (AvgIpc) is 2.92. The molecule has 1 aromatic carbocycles. The molecule has 41 heavy (non-hydrogen) atoms. The van der Waals surface area contributed by atoms with Crippen molar-refractivity contribution in [2.75, 3.05) is 45.2 Å². The predicted octanol–water partition coefficient (Wildman–Crippen LogP) is 5.78. The molecule has 0 aliphatic carbocycles. The van der Waals surface area contributed by atoms with Crippen LogP contribution in [0.5, 0.6) is 0 Å². The Morgan fingerprint density at radius 2 is 1.71 bits per heavy atom. The van der Waals surface area contributed by atoms with E-state index in [1.807, 2.05) is 6.07 Å². The van der Waals surface area contributed by atoms with Crippen LogP contribution in [-0.4, -0.2) is 78.2 Å². The van der Waals surface area contributed by atoms with Crippen LogP contribution in [0.2, 0.25) is 10.2 Å². The summed E-state index contributed by atoms with van der Waals surface area (Å²) in [5.41, 5.74) is -4.02. The molecule has 1 N–H and O–H groups in total. The van der Waals surface area contributed by atoms with Gasteiger partial charge in [-0.1, -0.05) is 42.3 Å². The number of amides is 2. The first-order chi connectivity index (χ1) is 19.1. The Bertz CT molecular complexity index is 1280. The molecule has 2 amide bonds. The van der Waals surface area contributed by atoms with Gasteiger partial charge in [0.05, 0.1) is 5.56 Å². The Hall–Kier alpha value is -2.56. The number of carbonyl (C=O) groups is 2. The number of hydrogen-bond donors (Lipinski definition) is 1. The van der Waals surface area contributed by atoms with E-state index < -0.39 is 23.2 Å². The van der Waals surface area contributed by atoms with Crippen LogP contribution in [0.3, 0.4) is 0 Å². The lowest BCUT2D eigenvalue weighted by atomic mass is 9.71. The number of carbonyl (C=O) groups excluding carboxylic acids is 2. The standard InChI is InChI=1S/C29H35Cl2F3N4O3/c1-27(18-19-9-13-37(14-10-19)23-8-7-22(24(31)35-23)25(39)36(2)3)11-15-38(16-12-27)26(40)28(41,29(32,33)34)20-5-4-6-21(30)17-20/h4-8,17,19,41H,9-16,18H2,1-3H3. The molecule has 0 saturated carbocycles. The van der Waals surface area contributed by atoms with Gasteiger partial charge in [-0.05, 0) is 67.7 Å². The molecule has 2 aliphatic rings. The minimum absolute atomic E-state index is 0.00515. The summed E-state index contributed by atoms with van der Waals surface area (Å²) in [6.45, 7) is 3.93. The van der Waals surface area contributed by atoms with Gasteiger partial charge >= 0.3 is 6.18 Å². The lowest BCUT2D eigenvalue weighted by Gasteiger charge is -2.44. The van der Waals surface area contributed by atoms with Gasteiger partial charge in [0.15, 0.2) is 0 Å². The number of likely N-dealkylation sites (tertiary alicyclic amines) is 1. The molecule has 7 nitrogen and oxygen atoms in total. The number of aliphatic hydroxyl groups is 1. The molecule has 1 aromatic heterocycles. The topological polar surface area (TPSA) is 77.0 Å². The molecule has 2 aliphatic heterocycles. The Balaban J connectivity index is 1.34. The monoisotopic (exact) mass is 614 g/mol. The molecule has 0 radical (unpaired) electrons. The van der Waals surface area contributed by atoms with Crippen molar-refractivity contribution < 1.29 is 27.9 Å². The molecule has 0 bridgehead atoms. The molecule has 12 heteroatoms. The number of rotatable bonds is 6. The van der Waals surface area contributed by atoms with Gasteiger partial charge in [-0.15, -0.1) is 0 Å². The third-order valence-corrected chi connectivity index (χ3v) is 8.93. The van der Waals surface area contributed by atoms with Crippen LogP contribution in [0, 0.1) is 11.3 Å². The maximum absolute atomic E-state index is 14.1. The summed E-state index contributed by atoms with van der Waals surface area (Å²) in [5, 5.41) is 10.9. The Morgan fingerprint density at radius 1 is 1.07 bits per heavy atom. The second kappa shape index (κ2) is 12.0. The minimum Gasteiger partial charge on any atom is -0.368 e. The fourth-order valence-electron chi connectivity index (χ4n) is 5.87. The lowest BCUT2D eigenvalue weighted by Crippen LogP contribution is -2.57. The van der Waals surface area contributed by atoms with E-state index in [9.17, 15) is 27.9 Å². The third kappa shape index (κ3) is 6.60. The van der Waals surface area contributed by atoms with Gasteiger partial charge in [-0.3, -0.25) is 9.59 Å². The maximum atomic E-state index is 14.1. The summed E-state index contributed by atoms with van der Waals surface area (Å²) in [6, 6.07) is 8.22. The van der Waals surface area contributed by atoms with Crippen LogP contribution in [-0.2, 0) is 10.4 Å². The molecular formula is C29H35Cl2F3N4O3. The summed E-state index contributed by atoms with van der Waals surface area (Å²) < 4.78 is 42.2. The summed E-state index contributed by atoms with van der Waals surface area (Å²) in [5.74, 6) is -0.436. The van der Waals surface area contributed by atoms with Gasteiger partial charge in [0, 0.05) is 50.9 Å². The Kier molecular flexibility index (Phi) is 9.16. The van der Waals surface area contributed by atoms with Crippen LogP contribution in [0.4, 0.5) is 19.0 Å². The summed E-state index contributed by atoms with van der Waals surface area (Å²) in [6.07, 6.45) is -1.39. The van der Waals surface area contributed by atoms with Gasteiger partial charge in [-0.2, -0.15) is 13.2 Å². The second-order valence-corrected chi connectivity index (χ2v) is 12.5. The fraction of sp³-hybridized carbons (Fsp3) is 0.552. The number of hydrogen-bond acceptors (Lipinski definition) is 5. The van der Waals surface area contributed by atoms with E-state index in [1.165, 1.54) is 17.0 Å². The molecule has 0 spiro atoms. The van der Waals surface area contributed by atoms with Crippen LogP contribution in [0.15, 0.2) is 36.4 Å². The molecule has 3 heterocycles. The van der Waals surface area contributed by atoms with Crippen molar-refractivity contribution in [3.8, 4) is 0 Å². The zero-order valence-electron chi connectivity index (χ0n) is 23.3. The van der Waals surface area contributed by atoms with Crippen LogP contribution in [0.1, 0.15) is 54.9 Å². The van der Waals surface area contributed by atoms with Gasteiger partial charge in [-0.25, -0.2) is 4.98 Å². The second-order valence-electron chi connectivity index (χ2n) is 11.7. The van der Waals surface area contributed by atoms with Gasteiger partial charge in [0.2, 0.25) is 0 Å². The first-order valence-electron chi connectivity index (χ1n) is 13.6. The first kappa shape index (κ1) is 31.4. The van der Waals surface area contributed by atoms with E-state index in [2.05, 4.69) is 16.8 Å². The molecular weight excluding hydrogens is 580 g/mol. The molecule has 1 unspecified atom stereocenters. The van der Waals surface area contributed by atoms with Crippen molar-refractivity contribution in [1.82, 2.24) is 14.8 Å². The summed E-state index contributed by atoms with van der Waals surface area (Å²) in [4.78, 5) is 34.5. The van der Waals surface area contributed by atoms with Crippen molar-refractivity contribution in [1.29, 1.82) is 0 Å². The smallest absolute Gasteiger partial charge is 0.368 e. The van der Waals surface area contributed by atoms with Crippen LogP contribution in [0.25, 0.3) is 0 Å². The average molecular weight is 616 g/mol. The van der Waals surface area contributed by atoms with E-state index in [0.29, 0.717) is 24.3 Å². The Morgan fingerprint density at radius 3 is 2.24 bits per heavy atom. The zero-order valence-corrected chi connectivity index (χ0v) is 24.9. The van der Waals surface area contributed by atoms with Gasteiger partial charge in [0.1, 0.15) is 11.0 Å². The normalized spacial score (nSPS) is 19.5. The van der Waals surface area contributed by atoms with Crippen molar-refractivity contribution in [2.24, 2.45) is 11.3 Å². The van der Waals surface area contributed by atoms with Crippen molar-refractivity contribution >= 4 is 40.8 Å². The van der Waals surface area contributed by atoms with Gasteiger partial charge in [0.25, 0.3) is 17.4 Å². The number of aromatic nitrogens is 1. The summed E-state index contributed by atoms with van der Waals surface area (Å²) >= 11 is 12.2. The van der Waals surface area contributed by atoms with E-state index in [-0.39, 0.29) is 34.6 Å². The molecule has 4 rings (SSSR count). The predicted molar refractivity (Wildman–Crippen MR) is 152 cm³/mol. The molecule has 224 valence electrons. The van der Waals surface area contributed by atoms with E-state index in [4.69, 9.17) is 23.2 Å². The highest BCUT2D eigenvalue weighted by molar-refractivity contribution is 6.32. The Labute approximate surface area is 248 Å². The van der Waals surface area contributed by atoms with Crippen molar-refractivity contribution in [2.45, 2.75) is 50.8 Å². The number of piperidine rings is 2. The molecule has 2 aromatic rings. The van der Waals surface area contributed by atoms with Crippen molar-refractivity contribution in [3.05, 3.63) is 57.7 Å². The number of nitrogens with zero attached hydrogens (tertiary/aromatic N) is 4. The van der Waals surface area contributed by atoms with Gasteiger partial charge < -0.3 is 19.8 Å². The molecule has 2 fully saturated rings. The maximum Gasteiger partial charge on any atom is 0.430 e. The number of halogens is 5. The molecule has 2 saturated heterocycles. The highest BCUT2D eigenvalue weighted by Crippen LogP contribution is 2.44. The number of benzene rings is 1. The highest BCUT2D eigenvalue weighted by atomic mass is 35.5. The molecule has 1 atom stereocenters. The minimum atomic E-state index is -5.20. The highest BCUT2D eigenvalue weighted by Gasteiger charge is 2.62. The number of alkyl halides is 3. The van der Waals surface area contributed by atoms with Crippen LogP contribution < -0.4 is 4.90 Å². The van der Waals surface area contributed by atoms with Crippen molar-refractivity contribution in [3.63, 3.8) is 0 Å².